The van der Waals surface area contributed by atoms with Crippen molar-refractivity contribution in [3.05, 3.63) is 294 Å². The standard InChI is InChI=1S/C24H29ClN4OS.C24H22ClN3OS.C23H20ClN3OS.C18H19ClN4OS/c25-20-15-22(31-23(20)16-27-10-13-29-11-2-1-3-12-29)21(30)7-5-17-4-6-19-18(14-17)8-9-28-24(19)26;25-20-13-22(30-23(20)15-27-14-17-4-2-1-3-5-17)21(29)9-7-16-6-8-19-18(12-16)10-11-28-24(19)26;24-19-13-21(29-22(19)14-27-17-4-2-1-3-5-17)20(28)9-7-15-6-8-18-16(12-15)10-11-26-23(18)25;1-23(2)10-16-14(19)8-15(25-16)18(24)22-9-11-3-4-13-12(7-11)5-6-21-17(13)20/h4,6,8-9,14-15,27H,1-3,5,7,10-13,16H2,(H2,26,28);1-6,8,10-13,27H,7,9,14-15H2,(H2,26,28);1-6,8,10-13,27H,7,9,14H2,(H2,25,26);3-8H,9-10H2,1-2H3,(H2,20,21)(H,22,24). The molecule has 0 radical (unpaired) electrons. The molecule has 592 valence electrons. The number of anilines is 5. The number of hydrogen-bond acceptors (Lipinski definition) is 21. The molecule has 18 nitrogen and oxygen atoms in total. The van der Waals surface area contributed by atoms with E-state index in [1.54, 1.807) is 43.0 Å². The van der Waals surface area contributed by atoms with Crippen LogP contribution in [-0.2, 0) is 58.5 Å². The number of halogens is 4. The molecule has 12 N–H and O–H groups in total. The van der Waals surface area contributed by atoms with Gasteiger partial charge in [0.1, 0.15) is 23.3 Å². The van der Waals surface area contributed by atoms with E-state index in [9.17, 15) is 19.2 Å². The number of amides is 1. The van der Waals surface area contributed by atoms with Gasteiger partial charge in [-0.05, 0) is 175 Å². The lowest BCUT2D eigenvalue weighted by Gasteiger charge is -2.26. The van der Waals surface area contributed by atoms with E-state index < -0.39 is 0 Å². The SMILES string of the molecule is CN(C)Cc1sc(C(=O)NCc2ccc3c(N)nccc3c2)cc1Cl.Nc1nccc2cc(CCC(=O)c3cc(Cl)c(CNCCN4CCCCC4)s3)ccc12.Nc1nccc2cc(CCC(=O)c3cc(Cl)c(CNCc4ccccc4)s3)ccc12.Nc1nccc2cc(CCC(=O)c3cc(Cl)c(CNc4ccccc4)s3)ccc12. The summed E-state index contributed by atoms with van der Waals surface area (Å²) in [5, 5.41) is 23.6. The van der Waals surface area contributed by atoms with Crippen molar-refractivity contribution in [1.82, 2.24) is 45.7 Å². The summed E-state index contributed by atoms with van der Waals surface area (Å²) in [5.41, 5.74) is 30.2. The van der Waals surface area contributed by atoms with Gasteiger partial charge in [0.25, 0.3) is 5.91 Å². The van der Waals surface area contributed by atoms with E-state index in [-0.39, 0.29) is 23.3 Å². The molecule has 1 saturated heterocycles. The summed E-state index contributed by atoms with van der Waals surface area (Å²) in [5.74, 6) is 2.33. The maximum absolute atomic E-state index is 12.7. The quantitative estimate of drug-likeness (QED) is 0.0160. The van der Waals surface area contributed by atoms with Gasteiger partial charge in [-0.3, -0.25) is 19.2 Å². The molecule has 1 amide bonds. The number of para-hydroxylation sites is 1. The summed E-state index contributed by atoms with van der Waals surface area (Å²) >= 11 is 31.2. The van der Waals surface area contributed by atoms with Crippen LogP contribution in [0.2, 0.25) is 20.1 Å². The smallest absolute Gasteiger partial charge is 0.261 e. The van der Waals surface area contributed by atoms with Crippen LogP contribution in [0.1, 0.15) is 125 Å². The van der Waals surface area contributed by atoms with Crippen molar-refractivity contribution in [2.75, 3.05) is 68.5 Å². The minimum atomic E-state index is -0.119. The highest BCUT2D eigenvalue weighted by Crippen LogP contribution is 2.34. The zero-order valence-corrected chi connectivity index (χ0v) is 70.1. The number of rotatable bonds is 29. The van der Waals surface area contributed by atoms with Gasteiger partial charge in [0.05, 0.1) is 46.1 Å². The van der Waals surface area contributed by atoms with Crippen LogP contribution in [0.5, 0.6) is 0 Å². The third kappa shape index (κ3) is 24.2. The number of benzene rings is 6. The van der Waals surface area contributed by atoms with Crippen molar-refractivity contribution >= 4 is 187 Å². The number of hydrogen-bond donors (Lipinski definition) is 8. The van der Waals surface area contributed by atoms with Gasteiger partial charge in [-0.15, -0.1) is 45.3 Å². The lowest BCUT2D eigenvalue weighted by molar-refractivity contribution is 0.0951. The van der Waals surface area contributed by atoms with E-state index in [1.807, 2.05) is 152 Å². The molecule has 1 aliphatic heterocycles. The third-order valence-corrected chi connectivity index (χ3v) is 25.8. The predicted octanol–water partition coefficient (Wildman–Crippen LogP) is 20.0. The largest absolute Gasteiger partial charge is 0.383 e. The first-order chi connectivity index (χ1) is 55.7. The number of thiophene rings is 4. The fourth-order valence-electron chi connectivity index (χ4n) is 13.2. The average molecular weight is 1690 g/mol. The molecule has 14 aromatic rings. The van der Waals surface area contributed by atoms with Crippen LogP contribution >= 0.6 is 91.8 Å². The van der Waals surface area contributed by atoms with Crippen molar-refractivity contribution in [2.24, 2.45) is 0 Å². The molecule has 15 rings (SSSR count). The molecule has 26 heteroatoms. The van der Waals surface area contributed by atoms with E-state index >= 15 is 0 Å². The van der Waals surface area contributed by atoms with Gasteiger partial charge in [0.2, 0.25) is 0 Å². The van der Waals surface area contributed by atoms with E-state index in [0.29, 0.717) is 123 Å². The number of likely N-dealkylation sites (tertiary alicyclic amines) is 1. The number of nitrogens with two attached hydrogens (primary N) is 4. The normalized spacial score (nSPS) is 12.1. The highest BCUT2D eigenvalue weighted by atomic mass is 35.5. The van der Waals surface area contributed by atoms with Crippen LogP contribution in [-0.4, -0.2) is 93.3 Å². The Morgan fingerprint density at radius 2 is 0.791 bits per heavy atom. The lowest BCUT2D eigenvalue weighted by Crippen LogP contribution is -2.35. The Hall–Kier alpha value is -9.76. The first kappa shape index (κ1) is 84.6. The number of fused-ring (bicyclic) bond motifs is 4. The number of carbonyl (C=O) groups excluding carboxylic acids is 4. The summed E-state index contributed by atoms with van der Waals surface area (Å²) in [6, 6.07) is 59.0. The molecular weight excluding hydrogens is 1600 g/mol. The highest BCUT2D eigenvalue weighted by molar-refractivity contribution is 7.15. The van der Waals surface area contributed by atoms with Crippen molar-refractivity contribution in [3.63, 3.8) is 0 Å². The number of Topliss-reactive ketones (excluding diaryl/α,β-unsaturated/α-hetero) is 3. The lowest BCUT2D eigenvalue weighted by atomic mass is 10.0. The molecule has 1 aliphatic rings. The Bertz CT molecular complexity index is 5680. The van der Waals surface area contributed by atoms with Crippen LogP contribution in [0, 0.1) is 0 Å². The van der Waals surface area contributed by atoms with Gasteiger partial charge in [0.15, 0.2) is 17.3 Å². The van der Waals surface area contributed by atoms with Gasteiger partial charge in [-0.1, -0.05) is 168 Å². The molecule has 9 heterocycles. The molecule has 0 spiro atoms. The number of ketones is 3. The van der Waals surface area contributed by atoms with Gasteiger partial charge in [-0.25, -0.2) is 19.9 Å². The Labute approximate surface area is 705 Å². The number of nitrogen functional groups attached to an aromatic ring is 4. The number of pyridine rings is 4. The molecule has 0 unspecified atom stereocenters. The molecule has 0 bridgehead atoms. The molecule has 6 aromatic carbocycles. The average Bonchev–Trinajstić information content (AvgIpc) is 1.83. The minimum Gasteiger partial charge on any atom is -0.383 e. The number of nitrogens with zero attached hydrogens (tertiary/aromatic N) is 6. The van der Waals surface area contributed by atoms with E-state index in [1.165, 1.54) is 83.3 Å². The van der Waals surface area contributed by atoms with Crippen molar-refractivity contribution in [1.29, 1.82) is 0 Å². The summed E-state index contributed by atoms with van der Waals surface area (Å²) in [4.78, 5) is 78.2. The van der Waals surface area contributed by atoms with Gasteiger partial charge in [-0.2, -0.15) is 0 Å². The van der Waals surface area contributed by atoms with E-state index in [4.69, 9.17) is 69.3 Å². The van der Waals surface area contributed by atoms with Gasteiger partial charge < -0.3 is 54.0 Å². The first-order valence-corrected chi connectivity index (χ1v) is 42.7. The number of piperidine rings is 1. The summed E-state index contributed by atoms with van der Waals surface area (Å²) in [6.45, 7) is 8.31. The third-order valence-electron chi connectivity index (χ3n) is 19.4. The second-order valence-corrected chi connectivity index (χ2v) is 34.3. The molecule has 0 atom stereocenters. The summed E-state index contributed by atoms with van der Waals surface area (Å²) in [6.07, 6.45) is 14.2. The molecule has 0 aliphatic carbocycles. The predicted molar refractivity (Wildman–Crippen MR) is 481 cm³/mol. The minimum absolute atomic E-state index is 0.109. The zero-order valence-electron chi connectivity index (χ0n) is 63.8. The van der Waals surface area contributed by atoms with E-state index in [2.05, 4.69) is 76.4 Å². The van der Waals surface area contributed by atoms with Crippen molar-refractivity contribution < 1.29 is 19.2 Å². The number of nitrogens with one attached hydrogen (secondary N) is 4. The molecule has 1 fully saturated rings. The Morgan fingerprint density at radius 3 is 1.23 bits per heavy atom. The molecule has 8 aromatic heterocycles. The fraction of sp³-hybridized carbons (Fsp3) is 0.236. The van der Waals surface area contributed by atoms with Crippen LogP contribution in [0.4, 0.5) is 29.0 Å². The monoisotopic (exact) mass is 1690 g/mol. The van der Waals surface area contributed by atoms with Gasteiger partial charge in [0, 0.05) is 137 Å². The maximum atomic E-state index is 12.7. The molecule has 0 saturated carbocycles. The number of aryl methyl sites for hydroxylation is 3. The Kier molecular flexibility index (Phi) is 30.7. The second-order valence-electron chi connectivity index (χ2n) is 28.1. The molecular formula is C89H90Cl4N14O4S4. The van der Waals surface area contributed by atoms with Gasteiger partial charge >= 0.3 is 0 Å². The maximum Gasteiger partial charge on any atom is 0.261 e. The zero-order chi connectivity index (χ0) is 80.7. The van der Waals surface area contributed by atoms with Crippen LogP contribution in [0.15, 0.2) is 207 Å². The fourth-order valence-corrected chi connectivity index (χ4v) is 18.6. The summed E-state index contributed by atoms with van der Waals surface area (Å²) < 4.78 is 0. The first-order valence-electron chi connectivity index (χ1n) is 37.9. The Morgan fingerprint density at radius 1 is 0.409 bits per heavy atom. The highest BCUT2D eigenvalue weighted by Gasteiger charge is 2.20. The topological polar surface area (TPSA) is 279 Å². The molecule has 115 heavy (non-hydrogen) atoms. The Balaban J connectivity index is 0.000000142. The second kappa shape index (κ2) is 41.7. The summed E-state index contributed by atoms with van der Waals surface area (Å²) in [7, 11) is 3.94. The van der Waals surface area contributed by atoms with Crippen molar-refractivity contribution in [2.45, 2.75) is 97.1 Å². The van der Waals surface area contributed by atoms with E-state index in [0.717, 1.165) is 122 Å². The van der Waals surface area contributed by atoms with Crippen LogP contribution in [0.25, 0.3) is 43.1 Å². The van der Waals surface area contributed by atoms with Crippen LogP contribution < -0.4 is 44.2 Å². The number of carbonyl (C=O) groups is 4. The van der Waals surface area contributed by atoms with Crippen LogP contribution in [0.3, 0.4) is 0 Å². The number of aromatic nitrogens is 4. The van der Waals surface area contributed by atoms with Crippen molar-refractivity contribution in [3.8, 4) is 0 Å².